The maximum Gasteiger partial charge on any atom is 0.140 e. The zero-order chi connectivity index (χ0) is 19.4. The van der Waals surface area contributed by atoms with E-state index < -0.39 is 0 Å². The van der Waals surface area contributed by atoms with Crippen molar-refractivity contribution in [1.29, 1.82) is 0 Å². The minimum atomic E-state index is 0.0320. The van der Waals surface area contributed by atoms with Crippen LogP contribution >= 0.6 is 15.9 Å². The fourth-order valence-corrected chi connectivity index (χ4v) is 4.95. The average Bonchev–Trinajstić information content (AvgIpc) is 2.96. The molecule has 2 aromatic rings. The summed E-state index contributed by atoms with van der Waals surface area (Å²) in [5, 5.41) is 1.21. The Kier molecular flexibility index (Phi) is 7.35. The van der Waals surface area contributed by atoms with Crippen LogP contribution in [0.3, 0.4) is 0 Å². The van der Waals surface area contributed by atoms with Crippen LogP contribution in [-0.2, 0) is 5.54 Å². The van der Waals surface area contributed by atoms with Crippen LogP contribution in [0.4, 0.5) is 0 Å². The topological polar surface area (TPSA) is 17.8 Å². The lowest BCUT2D eigenvalue weighted by Gasteiger charge is -2.44. The van der Waals surface area contributed by atoms with Crippen molar-refractivity contribution in [3.63, 3.8) is 0 Å². The second-order valence-corrected chi connectivity index (χ2v) is 10.3. The zero-order valence-corrected chi connectivity index (χ0v) is 19.2. The number of unbranched alkanes of at least 4 members (excludes halogenated alkanes) is 5. The second-order valence-electron chi connectivity index (χ2n) is 9.38. The largest absolute Gasteiger partial charge is 0.327 e. The van der Waals surface area contributed by atoms with Crippen molar-refractivity contribution in [2.24, 2.45) is 11.3 Å². The molecule has 3 heteroatoms. The Morgan fingerprint density at radius 1 is 1.04 bits per heavy atom. The van der Waals surface area contributed by atoms with Gasteiger partial charge in [-0.2, -0.15) is 0 Å². The molecule has 0 aliphatic rings. The maximum absolute atomic E-state index is 4.72. The molecule has 0 N–H and O–H groups in total. The summed E-state index contributed by atoms with van der Waals surface area (Å²) in [6, 6.07) is 4.36. The third-order valence-corrected chi connectivity index (χ3v) is 6.29. The fraction of sp³-hybridized carbons (Fsp3) is 0.696. The Morgan fingerprint density at radius 2 is 1.69 bits per heavy atom. The highest BCUT2D eigenvalue weighted by Crippen LogP contribution is 2.43. The van der Waals surface area contributed by atoms with E-state index in [-0.39, 0.29) is 11.0 Å². The Bertz CT molecular complexity index is 694. The number of aromatic nitrogens is 2. The number of nitrogens with zero attached hydrogens (tertiary/aromatic N) is 2. The lowest BCUT2D eigenvalue weighted by atomic mass is 9.67. The number of hydrogen-bond donors (Lipinski definition) is 0. The average molecular weight is 421 g/mol. The van der Waals surface area contributed by atoms with E-state index in [0.29, 0.717) is 5.92 Å². The van der Waals surface area contributed by atoms with Gasteiger partial charge in [-0.15, -0.1) is 0 Å². The first kappa shape index (κ1) is 21.5. The summed E-state index contributed by atoms with van der Waals surface area (Å²) in [6.07, 6.45) is 13.6. The molecule has 0 aromatic carbocycles. The van der Waals surface area contributed by atoms with Crippen molar-refractivity contribution >= 4 is 27.0 Å². The summed E-state index contributed by atoms with van der Waals surface area (Å²) in [5.41, 5.74) is 1.39. The molecule has 26 heavy (non-hydrogen) atoms. The molecule has 1 unspecified atom stereocenters. The molecule has 0 bridgehead atoms. The van der Waals surface area contributed by atoms with Gasteiger partial charge in [0.2, 0.25) is 0 Å². The molecule has 0 amide bonds. The van der Waals surface area contributed by atoms with Gasteiger partial charge in [0.05, 0.1) is 0 Å². The highest BCUT2D eigenvalue weighted by molar-refractivity contribution is 9.10. The number of pyridine rings is 1. The van der Waals surface area contributed by atoms with Crippen molar-refractivity contribution in [2.45, 2.75) is 92.0 Å². The third kappa shape index (κ3) is 5.12. The van der Waals surface area contributed by atoms with Gasteiger partial charge in [0.15, 0.2) is 0 Å². The first-order valence-electron chi connectivity index (χ1n) is 10.3. The number of rotatable bonds is 9. The molecule has 2 heterocycles. The second kappa shape index (κ2) is 8.91. The van der Waals surface area contributed by atoms with E-state index in [1.807, 2.05) is 6.20 Å². The molecule has 0 aliphatic carbocycles. The predicted octanol–water partition coefficient (Wildman–Crippen LogP) is 7.95. The Balaban J connectivity index is 2.19. The van der Waals surface area contributed by atoms with Gasteiger partial charge < -0.3 is 4.57 Å². The summed E-state index contributed by atoms with van der Waals surface area (Å²) < 4.78 is 3.45. The summed E-state index contributed by atoms with van der Waals surface area (Å²) >= 11 is 3.54. The highest BCUT2D eigenvalue weighted by Gasteiger charge is 2.39. The van der Waals surface area contributed by atoms with E-state index in [1.165, 1.54) is 50.3 Å². The molecule has 146 valence electrons. The van der Waals surface area contributed by atoms with Crippen molar-refractivity contribution in [2.75, 3.05) is 0 Å². The molecule has 0 spiro atoms. The van der Waals surface area contributed by atoms with Crippen molar-refractivity contribution < 1.29 is 0 Å². The molecule has 0 fully saturated rings. The SMILES string of the molecule is CCCCCCCCC(C(C)(C)C)C(C)(C)n1ccc2cc(Br)cnc21. The third-order valence-electron chi connectivity index (χ3n) is 5.86. The van der Waals surface area contributed by atoms with Gasteiger partial charge in [0.25, 0.3) is 0 Å². The van der Waals surface area contributed by atoms with Crippen molar-refractivity contribution in [3.8, 4) is 0 Å². The summed E-state index contributed by atoms with van der Waals surface area (Å²) in [7, 11) is 0. The van der Waals surface area contributed by atoms with Crippen LogP contribution in [0, 0.1) is 11.3 Å². The first-order valence-corrected chi connectivity index (χ1v) is 11.1. The Labute approximate surface area is 168 Å². The Morgan fingerprint density at radius 3 is 2.35 bits per heavy atom. The summed E-state index contributed by atoms with van der Waals surface area (Å²) in [4.78, 5) is 4.72. The minimum absolute atomic E-state index is 0.0320. The quantitative estimate of drug-likeness (QED) is 0.376. The van der Waals surface area contributed by atoms with Crippen molar-refractivity contribution in [3.05, 3.63) is 29.0 Å². The van der Waals surface area contributed by atoms with Gasteiger partial charge in [-0.25, -0.2) is 4.98 Å². The molecule has 0 radical (unpaired) electrons. The summed E-state index contributed by atoms with van der Waals surface area (Å²) in [6.45, 7) is 14.3. The molecule has 2 aromatic heterocycles. The maximum atomic E-state index is 4.72. The molecule has 0 aliphatic heterocycles. The highest BCUT2D eigenvalue weighted by atomic mass is 79.9. The normalized spacial score (nSPS) is 14.1. The lowest BCUT2D eigenvalue weighted by molar-refractivity contribution is 0.0850. The van der Waals surface area contributed by atoms with Gasteiger partial charge in [0.1, 0.15) is 5.65 Å². The molecular weight excluding hydrogens is 384 g/mol. The van der Waals surface area contributed by atoms with Gasteiger partial charge in [-0.3, -0.25) is 0 Å². The van der Waals surface area contributed by atoms with Gasteiger partial charge in [0, 0.05) is 27.8 Å². The van der Waals surface area contributed by atoms with Crippen LogP contribution in [0.1, 0.15) is 86.5 Å². The van der Waals surface area contributed by atoms with Crippen LogP contribution in [0.15, 0.2) is 29.0 Å². The van der Waals surface area contributed by atoms with Crippen LogP contribution in [0.2, 0.25) is 0 Å². The van der Waals surface area contributed by atoms with Crippen LogP contribution in [0.25, 0.3) is 11.0 Å². The van der Waals surface area contributed by atoms with Gasteiger partial charge >= 0.3 is 0 Å². The van der Waals surface area contributed by atoms with E-state index in [1.54, 1.807) is 0 Å². The predicted molar refractivity (Wildman–Crippen MR) is 118 cm³/mol. The van der Waals surface area contributed by atoms with E-state index in [0.717, 1.165) is 10.1 Å². The van der Waals surface area contributed by atoms with Crippen LogP contribution < -0.4 is 0 Å². The number of hydrogen-bond acceptors (Lipinski definition) is 1. The van der Waals surface area contributed by atoms with Crippen LogP contribution in [-0.4, -0.2) is 9.55 Å². The molecule has 0 saturated carbocycles. The minimum Gasteiger partial charge on any atom is -0.327 e. The Hall–Kier alpha value is -0.830. The van der Waals surface area contributed by atoms with Gasteiger partial charge in [-0.1, -0.05) is 66.2 Å². The molecule has 2 rings (SSSR count). The van der Waals surface area contributed by atoms with E-state index in [4.69, 9.17) is 4.98 Å². The van der Waals surface area contributed by atoms with E-state index in [2.05, 4.69) is 80.4 Å². The first-order chi connectivity index (χ1) is 12.2. The number of fused-ring (bicyclic) bond motifs is 1. The molecule has 2 nitrogen and oxygen atoms in total. The number of halogens is 1. The smallest absolute Gasteiger partial charge is 0.140 e. The van der Waals surface area contributed by atoms with Crippen molar-refractivity contribution in [1.82, 2.24) is 9.55 Å². The van der Waals surface area contributed by atoms with E-state index >= 15 is 0 Å². The fourth-order valence-electron chi connectivity index (χ4n) is 4.60. The molecular formula is C23H37BrN2. The monoisotopic (exact) mass is 420 g/mol. The molecule has 0 saturated heterocycles. The molecule has 1 atom stereocenters. The lowest BCUT2D eigenvalue weighted by Crippen LogP contribution is -2.42. The summed E-state index contributed by atoms with van der Waals surface area (Å²) in [5.74, 6) is 0.599. The van der Waals surface area contributed by atoms with Crippen LogP contribution in [0.5, 0.6) is 0 Å². The van der Waals surface area contributed by atoms with E-state index in [9.17, 15) is 0 Å². The van der Waals surface area contributed by atoms with Gasteiger partial charge in [-0.05, 0) is 59.7 Å². The zero-order valence-electron chi connectivity index (χ0n) is 17.6. The standard InChI is InChI=1S/C23H37BrN2/c1-7-8-9-10-11-12-13-20(22(2,3)4)23(5,6)26-15-14-18-16-19(24)17-25-21(18)26/h14-17,20H,7-13H2,1-6H3.